The van der Waals surface area contributed by atoms with E-state index >= 15 is 0 Å². The molecule has 6 nitrogen and oxygen atoms in total. The summed E-state index contributed by atoms with van der Waals surface area (Å²) in [6.45, 7) is 6.47. The normalized spacial score (nSPS) is 12.9. The molecular weight excluding hydrogens is 829 g/mol. The van der Waals surface area contributed by atoms with E-state index in [1.165, 1.54) is 116 Å². The van der Waals surface area contributed by atoms with E-state index in [4.69, 9.17) is 14.2 Å². The Hall–Kier alpha value is -3.93. The maximum absolute atomic E-state index is 12.8. The third-order valence-electron chi connectivity index (χ3n) is 11.3. The third kappa shape index (κ3) is 52.9. The highest BCUT2D eigenvalue weighted by atomic mass is 16.6. The van der Waals surface area contributed by atoms with Crippen LogP contribution in [0.15, 0.2) is 109 Å². The Morgan fingerprint density at radius 3 is 0.970 bits per heavy atom. The zero-order chi connectivity index (χ0) is 48.6. The highest BCUT2D eigenvalue weighted by Crippen LogP contribution is 2.14. The second-order valence-corrected chi connectivity index (χ2v) is 17.8. The summed E-state index contributed by atoms with van der Waals surface area (Å²) in [6, 6.07) is 0. The number of carbonyl (C=O) groups is 3. The number of hydrogen-bond donors (Lipinski definition) is 0. The summed E-state index contributed by atoms with van der Waals surface area (Å²) in [4.78, 5) is 38.0. The summed E-state index contributed by atoms with van der Waals surface area (Å²) in [5.74, 6) is -1.07. The van der Waals surface area contributed by atoms with E-state index in [1.54, 1.807) is 0 Å². The molecule has 0 aliphatic carbocycles. The van der Waals surface area contributed by atoms with E-state index in [0.717, 1.165) is 70.6 Å². The minimum Gasteiger partial charge on any atom is -0.462 e. The highest BCUT2D eigenvalue weighted by molar-refractivity contribution is 5.71. The molecule has 1 atom stereocenters. The first-order valence-electron chi connectivity index (χ1n) is 27.4. The number of allylic oxidation sites excluding steroid dienone is 18. The Bertz CT molecular complexity index is 1390. The van der Waals surface area contributed by atoms with Gasteiger partial charge >= 0.3 is 17.9 Å². The van der Waals surface area contributed by atoms with Crippen LogP contribution in [0.1, 0.15) is 239 Å². The van der Waals surface area contributed by atoms with Crippen molar-refractivity contribution in [3.63, 3.8) is 0 Å². The predicted octanol–water partition coefficient (Wildman–Crippen LogP) is 18.3. The molecule has 0 aliphatic heterocycles. The summed E-state index contributed by atoms with van der Waals surface area (Å²) < 4.78 is 16.7. The maximum atomic E-state index is 12.8. The van der Waals surface area contributed by atoms with Gasteiger partial charge in [-0.15, -0.1) is 0 Å². The second kappa shape index (κ2) is 54.7. The van der Waals surface area contributed by atoms with Gasteiger partial charge in [0.25, 0.3) is 0 Å². The van der Waals surface area contributed by atoms with Crippen molar-refractivity contribution >= 4 is 17.9 Å². The summed E-state index contributed by atoms with van der Waals surface area (Å²) in [6.07, 6.45) is 73.7. The van der Waals surface area contributed by atoms with Gasteiger partial charge in [0.15, 0.2) is 6.10 Å². The number of hydrogen-bond acceptors (Lipinski definition) is 6. The minimum absolute atomic E-state index is 0.123. The van der Waals surface area contributed by atoms with Crippen molar-refractivity contribution in [1.29, 1.82) is 0 Å². The molecule has 0 radical (unpaired) electrons. The zero-order valence-electron chi connectivity index (χ0n) is 43.4. The van der Waals surface area contributed by atoms with Gasteiger partial charge in [-0.25, -0.2) is 0 Å². The number of ether oxygens (including phenoxy) is 3. The molecule has 0 fully saturated rings. The van der Waals surface area contributed by atoms with Crippen LogP contribution in [0, 0.1) is 0 Å². The van der Waals surface area contributed by atoms with Crippen molar-refractivity contribution in [2.75, 3.05) is 13.2 Å². The Morgan fingerprint density at radius 2 is 0.582 bits per heavy atom. The molecule has 0 aromatic rings. The molecule has 0 amide bonds. The average molecular weight is 929 g/mol. The van der Waals surface area contributed by atoms with Crippen LogP contribution in [0.25, 0.3) is 0 Å². The summed E-state index contributed by atoms with van der Waals surface area (Å²) in [5.41, 5.74) is 0. The zero-order valence-corrected chi connectivity index (χ0v) is 43.4. The van der Waals surface area contributed by atoms with Crippen LogP contribution in [-0.2, 0) is 28.6 Å². The number of rotatable bonds is 48. The van der Waals surface area contributed by atoms with Crippen LogP contribution < -0.4 is 0 Å². The van der Waals surface area contributed by atoms with Crippen LogP contribution in [0.5, 0.6) is 0 Å². The second-order valence-electron chi connectivity index (χ2n) is 17.8. The summed E-state index contributed by atoms with van der Waals surface area (Å²) in [7, 11) is 0. The molecule has 0 rings (SSSR count). The van der Waals surface area contributed by atoms with Crippen molar-refractivity contribution in [1.82, 2.24) is 0 Å². The van der Waals surface area contributed by atoms with E-state index in [2.05, 4.69) is 118 Å². The highest BCUT2D eigenvalue weighted by Gasteiger charge is 2.19. The Balaban J connectivity index is 4.59. The van der Waals surface area contributed by atoms with Gasteiger partial charge in [-0.05, 0) is 96.3 Å². The Morgan fingerprint density at radius 1 is 0.299 bits per heavy atom. The first-order valence-corrected chi connectivity index (χ1v) is 27.4. The molecule has 0 saturated carbocycles. The van der Waals surface area contributed by atoms with Crippen LogP contribution >= 0.6 is 0 Å². The lowest BCUT2D eigenvalue weighted by Gasteiger charge is -2.18. The fraction of sp³-hybridized carbons (Fsp3) is 0.656. The molecule has 0 N–H and O–H groups in total. The van der Waals surface area contributed by atoms with Crippen LogP contribution in [0.2, 0.25) is 0 Å². The largest absolute Gasteiger partial charge is 0.462 e. The number of unbranched alkanes of at least 4 members (excludes halogenated alkanes) is 19. The standard InChI is InChI=1S/C61H100O6/c1-4-7-10-13-16-19-22-25-27-29-30-32-33-36-39-42-45-48-51-54-60(63)66-57-58(56-65-59(62)53-50-47-44-41-38-35-24-21-18-15-12-9-6-3)67-61(64)55-52-49-46-43-40-37-34-31-28-26-23-20-17-14-11-8-5-2/h16-17,19-20,25-28,30,32,34,36-37,39,43,45-46,48,58H,4-15,18,21-24,29,31,33,35,38,40-42,44,47,49-57H2,1-3H3/b19-16-,20-17-,27-25-,28-26-,32-30-,37-34-,39-36-,46-43-,48-45-/t58-/m0/s1. The molecule has 0 aromatic carbocycles. The monoisotopic (exact) mass is 929 g/mol. The molecular formula is C61H100O6. The quantitative estimate of drug-likeness (QED) is 0.0262. The van der Waals surface area contributed by atoms with E-state index in [0.29, 0.717) is 19.3 Å². The minimum atomic E-state index is -0.836. The van der Waals surface area contributed by atoms with Gasteiger partial charge in [-0.3, -0.25) is 14.4 Å². The fourth-order valence-electron chi connectivity index (χ4n) is 7.12. The Labute approximate surface area is 412 Å². The number of carbonyl (C=O) groups excluding carboxylic acids is 3. The van der Waals surface area contributed by atoms with Gasteiger partial charge in [0.2, 0.25) is 0 Å². The molecule has 67 heavy (non-hydrogen) atoms. The molecule has 380 valence electrons. The first-order chi connectivity index (χ1) is 33.0. The first kappa shape index (κ1) is 63.1. The molecule has 0 aromatic heterocycles. The lowest BCUT2D eigenvalue weighted by molar-refractivity contribution is -0.166. The van der Waals surface area contributed by atoms with Gasteiger partial charge < -0.3 is 14.2 Å². The van der Waals surface area contributed by atoms with Crippen molar-refractivity contribution in [3.05, 3.63) is 109 Å². The fourth-order valence-corrected chi connectivity index (χ4v) is 7.12. The van der Waals surface area contributed by atoms with Crippen molar-refractivity contribution in [2.24, 2.45) is 0 Å². The molecule has 0 spiro atoms. The van der Waals surface area contributed by atoms with Crippen LogP contribution in [0.3, 0.4) is 0 Å². The van der Waals surface area contributed by atoms with Crippen LogP contribution in [0.4, 0.5) is 0 Å². The third-order valence-corrected chi connectivity index (χ3v) is 11.3. The molecule has 0 aliphatic rings. The topological polar surface area (TPSA) is 78.9 Å². The lowest BCUT2D eigenvalue weighted by Crippen LogP contribution is -2.30. The molecule has 0 heterocycles. The van der Waals surface area contributed by atoms with Gasteiger partial charge in [-0.1, -0.05) is 233 Å². The van der Waals surface area contributed by atoms with Crippen molar-refractivity contribution in [2.45, 2.75) is 245 Å². The molecule has 6 heteroatoms. The van der Waals surface area contributed by atoms with Gasteiger partial charge in [-0.2, -0.15) is 0 Å². The van der Waals surface area contributed by atoms with E-state index in [1.807, 2.05) is 12.2 Å². The number of esters is 3. The molecule has 0 unspecified atom stereocenters. The smallest absolute Gasteiger partial charge is 0.306 e. The van der Waals surface area contributed by atoms with Crippen molar-refractivity contribution in [3.8, 4) is 0 Å². The molecule has 0 bridgehead atoms. The van der Waals surface area contributed by atoms with E-state index in [-0.39, 0.29) is 44.0 Å². The lowest BCUT2D eigenvalue weighted by atomic mass is 10.0. The van der Waals surface area contributed by atoms with Crippen molar-refractivity contribution < 1.29 is 28.6 Å². The van der Waals surface area contributed by atoms with E-state index in [9.17, 15) is 14.4 Å². The van der Waals surface area contributed by atoms with Gasteiger partial charge in [0, 0.05) is 19.3 Å². The molecule has 0 saturated heterocycles. The van der Waals surface area contributed by atoms with Crippen LogP contribution in [-0.4, -0.2) is 37.2 Å². The predicted molar refractivity (Wildman–Crippen MR) is 288 cm³/mol. The summed E-state index contributed by atoms with van der Waals surface area (Å²) >= 11 is 0. The van der Waals surface area contributed by atoms with Gasteiger partial charge in [0.1, 0.15) is 13.2 Å². The van der Waals surface area contributed by atoms with Gasteiger partial charge in [0.05, 0.1) is 0 Å². The van der Waals surface area contributed by atoms with E-state index < -0.39 is 6.10 Å². The SMILES string of the molecule is CCCCC/C=C\C/C=C\C/C=C\C/C=C\C/C=C\CCC(=O)OC[C@H](COC(=O)CCCCCCCCCCCCCCC)OC(=O)CCC/C=C\C/C=C\C/C=C\C/C=C\CCCCC. The summed E-state index contributed by atoms with van der Waals surface area (Å²) in [5, 5.41) is 0. The Kier molecular flexibility index (Phi) is 51.5. The average Bonchev–Trinajstić information content (AvgIpc) is 3.33. The maximum Gasteiger partial charge on any atom is 0.306 e.